The average molecular weight is 442 g/mol. The summed E-state index contributed by atoms with van der Waals surface area (Å²) in [5.41, 5.74) is 0.794. The zero-order valence-electron chi connectivity index (χ0n) is 18.7. The highest BCUT2D eigenvalue weighted by Gasteiger charge is 2.17. The van der Waals surface area contributed by atoms with Crippen LogP contribution in [0.5, 0.6) is 11.5 Å². The summed E-state index contributed by atoms with van der Waals surface area (Å²) in [6, 6.07) is 5.23. The number of aryl methyl sites for hydroxylation is 2. The first-order chi connectivity index (χ1) is 15.4. The minimum atomic E-state index is -0.495. The van der Waals surface area contributed by atoms with E-state index in [0.29, 0.717) is 35.0 Å². The number of hydrogen-bond donors (Lipinski definition) is 0. The van der Waals surface area contributed by atoms with Crippen LogP contribution in [0.15, 0.2) is 27.8 Å². The number of carbonyl (C=O) groups excluding carboxylic acids is 1. The van der Waals surface area contributed by atoms with Crippen molar-refractivity contribution in [1.29, 1.82) is 0 Å². The Bertz CT molecular complexity index is 1300. The highest BCUT2D eigenvalue weighted by Crippen LogP contribution is 2.29. The Morgan fingerprint density at radius 1 is 1.06 bits per heavy atom. The minimum absolute atomic E-state index is 0.226. The van der Waals surface area contributed by atoms with Gasteiger partial charge in [0.25, 0.3) is 5.56 Å². The molecule has 3 aromatic rings. The first-order valence-electron chi connectivity index (χ1n) is 10.1. The third-order valence-electron chi connectivity index (χ3n) is 5.09. The van der Waals surface area contributed by atoms with E-state index in [2.05, 4.69) is 9.72 Å². The summed E-state index contributed by atoms with van der Waals surface area (Å²) >= 11 is 0. The summed E-state index contributed by atoms with van der Waals surface area (Å²) < 4.78 is 19.7. The number of ether oxygens (including phenoxy) is 3. The molecule has 0 N–H and O–H groups in total. The van der Waals surface area contributed by atoms with Crippen molar-refractivity contribution in [2.75, 3.05) is 20.8 Å². The third-order valence-corrected chi connectivity index (χ3v) is 5.09. The van der Waals surface area contributed by atoms with E-state index in [0.717, 1.165) is 5.56 Å². The molecule has 0 aliphatic rings. The number of carbonyl (C=O) groups is 1. The molecule has 170 valence electrons. The number of methoxy groups -OCH3 is 2. The van der Waals surface area contributed by atoms with Gasteiger partial charge in [0.05, 0.1) is 14.2 Å². The Labute approximate surface area is 184 Å². The molecule has 0 amide bonds. The van der Waals surface area contributed by atoms with Crippen molar-refractivity contribution in [3.05, 3.63) is 50.4 Å². The fraction of sp³-hybridized carbons (Fsp3) is 0.364. The summed E-state index contributed by atoms with van der Waals surface area (Å²) in [5.74, 6) is 0.889. The molecular weight excluding hydrogens is 416 g/mol. The predicted octanol–water partition coefficient (Wildman–Crippen LogP) is 1.67. The summed E-state index contributed by atoms with van der Waals surface area (Å²) in [4.78, 5) is 41.2. The SMILES string of the molecule is CCn1c(=O)c2c(nc(/C=C/c3ccc(OCC(=O)OC)c(OC)c3)n2C)n(CC)c1=O. The normalized spacial score (nSPS) is 11.3. The van der Waals surface area contributed by atoms with Gasteiger partial charge in [-0.25, -0.2) is 14.6 Å². The largest absolute Gasteiger partial charge is 0.493 e. The topological polar surface area (TPSA) is 107 Å². The molecule has 0 unspecified atom stereocenters. The monoisotopic (exact) mass is 442 g/mol. The molecule has 2 heterocycles. The number of hydrogen-bond acceptors (Lipinski definition) is 7. The molecular formula is C22H26N4O6. The molecule has 0 spiro atoms. The number of rotatable bonds is 8. The number of nitrogens with zero attached hydrogens (tertiary/aromatic N) is 4. The molecule has 0 radical (unpaired) electrons. The molecule has 3 rings (SSSR count). The molecule has 1 aromatic carbocycles. The maximum atomic E-state index is 12.8. The lowest BCUT2D eigenvalue weighted by Crippen LogP contribution is -2.39. The number of fused-ring (bicyclic) bond motifs is 1. The van der Waals surface area contributed by atoms with Crippen molar-refractivity contribution in [3.8, 4) is 11.5 Å². The molecule has 10 heteroatoms. The second kappa shape index (κ2) is 9.54. The van der Waals surface area contributed by atoms with Gasteiger partial charge in [0.2, 0.25) is 0 Å². The molecule has 10 nitrogen and oxygen atoms in total. The van der Waals surface area contributed by atoms with Crippen LogP contribution in [0.2, 0.25) is 0 Å². The fourth-order valence-corrected chi connectivity index (χ4v) is 3.37. The van der Waals surface area contributed by atoms with Crippen molar-refractivity contribution in [2.24, 2.45) is 7.05 Å². The van der Waals surface area contributed by atoms with Crippen molar-refractivity contribution < 1.29 is 19.0 Å². The van der Waals surface area contributed by atoms with Crippen LogP contribution in [0.4, 0.5) is 0 Å². The fourth-order valence-electron chi connectivity index (χ4n) is 3.37. The first kappa shape index (κ1) is 22.9. The molecule has 0 fully saturated rings. The Morgan fingerprint density at radius 2 is 1.78 bits per heavy atom. The predicted molar refractivity (Wildman–Crippen MR) is 120 cm³/mol. The summed E-state index contributed by atoms with van der Waals surface area (Å²) in [6.07, 6.45) is 3.56. The van der Waals surface area contributed by atoms with E-state index in [1.54, 1.807) is 48.9 Å². The molecule has 0 aliphatic carbocycles. The van der Waals surface area contributed by atoms with E-state index in [9.17, 15) is 14.4 Å². The van der Waals surface area contributed by atoms with Crippen molar-refractivity contribution >= 4 is 29.3 Å². The van der Waals surface area contributed by atoms with E-state index < -0.39 is 5.97 Å². The number of benzene rings is 1. The summed E-state index contributed by atoms with van der Waals surface area (Å²) in [5, 5.41) is 0. The van der Waals surface area contributed by atoms with Crippen LogP contribution in [-0.2, 0) is 29.7 Å². The number of imidazole rings is 1. The highest BCUT2D eigenvalue weighted by molar-refractivity contribution is 5.77. The molecule has 0 aliphatic heterocycles. The molecule has 32 heavy (non-hydrogen) atoms. The molecule has 0 bridgehead atoms. The van der Waals surface area contributed by atoms with E-state index in [1.165, 1.54) is 23.4 Å². The lowest BCUT2D eigenvalue weighted by atomic mass is 10.2. The zero-order valence-corrected chi connectivity index (χ0v) is 18.7. The van der Waals surface area contributed by atoms with Crippen LogP contribution in [0.3, 0.4) is 0 Å². The Kier molecular flexibility index (Phi) is 6.82. The van der Waals surface area contributed by atoms with E-state index in [1.807, 2.05) is 6.92 Å². The van der Waals surface area contributed by atoms with Crippen LogP contribution in [0, 0.1) is 0 Å². The van der Waals surface area contributed by atoms with Crippen LogP contribution in [0.1, 0.15) is 25.2 Å². The van der Waals surface area contributed by atoms with E-state index >= 15 is 0 Å². The number of esters is 1. The van der Waals surface area contributed by atoms with Crippen LogP contribution in [0.25, 0.3) is 23.3 Å². The van der Waals surface area contributed by atoms with Gasteiger partial charge in [-0.2, -0.15) is 0 Å². The van der Waals surface area contributed by atoms with Gasteiger partial charge in [0.15, 0.2) is 29.3 Å². The average Bonchev–Trinajstić information content (AvgIpc) is 3.12. The van der Waals surface area contributed by atoms with Gasteiger partial charge in [0.1, 0.15) is 5.82 Å². The quantitative estimate of drug-likeness (QED) is 0.489. The second-order valence-corrected chi connectivity index (χ2v) is 6.89. The third kappa shape index (κ3) is 4.16. The standard InChI is InChI=1S/C22H26N4O6/c1-6-25-20-19(21(28)26(7-2)22(25)29)24(3)17(23-20)11-9-14-8-10-15(16(12-14)30-4)32-13-18(27)31-5/h8-12H,6-7,13H2,1-5H3/b11-9+. The maximum Gasteiger partial charge on any atom is 0.343 e. The first-order valence-corrected chi connectivity index (χ1v) is 10.1. The van der Waals surface area contributed by atoms with Gasteiger partial charge in [0, 0.05) is 20.1 Å². The van der Waals surface area contributed by atoms with Crippen molar-refractivity contribution in [2.45, 2.75) is 26.9 Å². The van der Waals surface area contributed by atoms with Gasteiger partial charge in [-0.15, -0.1) is 0 Å². The van der Waals surface area contributed by atoms with Crippen molar-refractivity contribution in [3.63, 3.8) is 0 Å². The summed E-state index contributed by atoms with van der Waals surface area (Å²) in [6.45, 7) is 4.06. The van der Waals surface area contributed by atoms with Gasteiger partial charge >= 0.3 is 11.7 Å². The molecule has 0 saturated carbocycles. The minimum Gasteiger partial charge on any atom is -0.493 e. The van der Waals surface area contributed by atoms with Crippen LogP contribution >= 0.6 is 0 Å². The van der Waals surface area contributed by atoms with Gasteiger partial charge < -0.3 is 18.8 Å². The highest BCUT2D eigenvalue weighted by atomic mass is 16.6. The molecule has 2 aromatic heterocycles. The summed E-state index contributed by atoms with van der Waals surface area (Å²) in [7, 11) is 4.53. The lowest BCUT2D eigenvalue weighted by Gasteiger charge is -2.10. The van der Waals surface area contributed by atoms with Crippen LogP contribution < -0.4 is 20.7 Å². The maximum absolute atomic E-state index is 12.8. The molecule has 0 atom stereocenters. The lowest BCUT2D eigenvalue weighted by molar-refractivity contribution is -0.142. The number of aromatic nitrogens is 4. The Morgan fingerprint density at radius 3 is 2.41 bits per heavy atom. The zero-order chi connectivity index (χ0) is 23.4. The smallest absolute Gasteiger partial charge is 0.343 e. The van der Waals surface area contributed by atoms with Gasteiger partial charge in [-0.05, 0) is 37.6 Å². The van der Waals surface area contributed by atoms with Crippen LogP contribution in [-0.4, -0.2) is 45.5 Å². The Hall–Kier alpha value is -3.82. The van der Waals surface area contributed by atoms with Gasteiger partial charge in [-0.1, -0.05) is 12.1 Å². The van der Waals surface area contributed by atoms with E-state index in [4.69, 9.17) is 9.47 Å². The van der Waals surface area contributed by atoms with Crippen molar-refractivity contribution in [1.82, 2.24) is 18.7 Å². The molecule has 0 saturated heterocycles. The van der Waals surface area contributed by atoms with E-state index in [-0.39, 0.29) is 24.4 Å². The second-order valence-electron chi connectivity index (χ2n) is 6.89. The van der Waals surface area contributed by atoms with Gasteiger partial charge in [-0.3, -0.25) is 13.9 Å². The Balaban J connectivity index is 1.99.